The highest BCUT2D eigenvalue weighted by atomic mass is 16.5. The molecule has 1 aromatic carbocycles. The zero-order valence-corrected chi connectivity index (χ0v) is 20.0. The molecule has 0 unspecified atom stereocenters. The molecule has 3 aliphatic heterocycles. The zero-order valence-electron chi connectivity index (χ0n) is 20.0. The number of aliphatic hydroxyl groups is 2. The van der Waals surface area contributed by atoms with Crippen molar-refractivity contribution in [1.29, 1.82) is 0 Å². The van der Waals surface area contributed by atoms with Crippen molar-refractivity contribution in [3.8, 4) is 5.75 Å². The molecule has 34 heavy (non-hydrogen) atoms. The summed E-state index contributed by atoms with van der Waals surface area (Å²) in [5.41, 5.74) is 0.391. The number of piperidine rings is 1. The Kier molecular flexibility index (Phi) is 8.08. The number of carbonyl (C=O) groups excluding carboxylic acids is 2. The fourth-order valence-electron chi connectivity index (χ4n) is 5.30. The van der Waals surface area contributed by atoms with Gasteiger partial charge in [-0.05, 0) is 36.3 Å². The van der Waals surface area contributed by atoms with Crippen LogP contribution in [0.1, 0.15) is 24.8 Å². The summed E-state index contributed by atoms with van der Waals surface area (Å²) >= 11 is 0. The maximum atomic E-state index is 12.9. The van der Waals surface area contributed by atoms with Crippen LogP contribution in [0.25, 0.3) is 0 Å². The number of carbonyl (C=O) groups is 2. The first-order valence-corrected chi connectivity index (χ1v) is 12.2. The molecule has 188 valence electrons. The predicted octanol–water partition coefficient (Wildman–Crippen LogP) is 0.133. The molecule has 0 aliphatic carbocycles. The van der Waals surface area contributed by atoms with Crippen molar-refractivity contribution in [2.45, 2.75) is 37.9 Å². The van der Waals surface area contributed by atoms with Crippen molar-refractivity contribution in [3.63, 3.8) is 0 Å². The van der Waals surface area contributed by atoms with Crippen molar-refractivity contribution in [3.05, 3.63) is 29.8 Å². The molecule has 2 atom stereocenters. The maximum Gasteiger partial charge on any atom is 0.260 e. The highest BCUT2D eigenvalue weighted by molar-refractivity contribution is 5.78. The normalized spacial score (nSPS) is 26.9. The summed E-state index contributed by atoms with van der Waals surface area (Å²) in [6, 6.07) is 7.30. The van der Waals surface area contributed by atoms with E-state index < -0.39 is 12.2 Å². The summed E-state index contributed by atoms with van der Waals surface area (Å²) in [5, 5.41) is 21.8. The van der Waals surface area contributed by atoms with Crippen molar-refractivity contribution < 1.29 is 29.3 Å². The van der Waals surface area contributed by atoms with E-state index in [9.17, 15) is 19.8 Å². The Hall–Kier alpha value is -2.20. The number of likely N-dealkylation sites (tertiary alicyclic amines) is 1. The summed E-state index contributed by atoms with van der Waals surface area (Å²) in [6.07, 6.45) is 0.0816. The van der Waals surface area contributed by atoms with Gasteiger partial charge >= 0.3 is 0 Å². The van der Waals surface area contributed by atoms with Crippen LogP contribution in [0.3, 0.4) is 0 Å². The summed E-state index contributed by atoms with van der Waals surface area (Å²) in [5.74, 6) is 0.536. The minimum atomic E-state index is -0.942. The van der Waals surface area contributed by atoms with Crippen LogP contribution in [0.5, 0.6) is 5.75 Å². The number of morpholine rings is 1. The number of nitrogens with zero attached hydrogens (tertiary/aromatic N) is 3. The molecule has 1 aromatic rings. The lowest BCUT2D eigenvalue weighted by Gasteiger charge is -2.45. The molecule has 0 radical (unpaired) electrons. The molecule has 9 heteroatoms. The number of hydrogen-bond donors (Lipinski definition) is 2. The van der Waals surface area contributed by atoms with Gasteiger partial charge in [-0.3, -0.25) is 14.5 Å². The third-order valence-corrected chi connectivity index (χ3v) is 7.48. The van der Waals surface area contributed by atoms with Gasteiger partial charge in [0.2, 0.25) is 5.91 Å². The van der Waals surface area contributed by atoms with Gasteiger partial charge in [-0.2, -0.15) is 0 Å². The van der Waals surface area contributed by atoms with E-state index in [1.165, 1.54) is 0 Å². The average Bonchev–Trinajstić information content (AvgIpc) is 2.83. The predicted molar refractivity (Wildman–Crippen MR) is 125 cm³/mol. The van der Waals surface area contributed by atoms with E-state index in [4.69, 9.17) is 9.47 Å². The third-order valence-electron chi connectivity index (χ3n) is 7.48. The summed E-state index contributed by atoms with van der Waals surface area (Å²) in [6.45, 7) is 4.78. The smallest absolute Gasteiger partial charge is 0.260 e. The number of likely N-dealkylation sites (N-methyl/N-ethyl adjacent to an activating group) is 1. The number of aliphatic hydroxyl groups excluding tert-OH is 2. The first-order valence-electron chi connectivity index (χ1n) is 12.2. The number of rotatable bonds is 2. The average molecular weight is 476 g/mol. The number of ether oxygens (including phenoxy) is 2. The number of benzene rings is 1. The van der Waals surface area contributed by atoms with Crippen LogP contribution >= 0.6 is 0 Å². The Morgan fingerprint density at radius 2 is 1.79 bits per heavy atom. The van der Waals surface area contributed by atoms with Crippen LogP contribution in [-0.4, -0.2) is 115 Å². The minimum Gasteiger partial charge on any atom is -0.483 e. The fourth-order valence-corrected chi connectivity index (χ4v) is 5.30. The molecule has 2 saturated heterocycles. The summed E-state index contributed by atoms with van der Waals surface area (Å²) in [4.78, 5) is 31.4. The molecule has 4 rings (SSSR count). The number of para-hydroxylation sites is 1. The molecular formula is C25H37N3O6. The second-order valence-electron chi connectivity index (χ2n) is 9.96. The third kappa shape index (κ3) is 6.07. The second-order valence-corrected chi connectivity index (χ2v) is 9.96. The Morgan fingerprint density at radius 3 is 2.53 bits per heavy atom. The van der Waals surface area contributed by atoms with Gasteiger partial charge in [-0.1, -0.05) is 18.2 Å². The zero-order chi connectivity index (χ0) is 24.1. The molecule has 2 N–H and O–H groups in total. The number of fused-ring (bicyclic) bond motifs is 1. The molecule has 1 spiro atoms. The van der Waals surface area contributed by atoms with Crippen LogP contribution in [0.2, 0.25) is 0 Å². The monoisotopic (exact) mass is 475 g/mol. The Labute approximate surface area is 201 Å². The topological polar surface area (TPSA) is 103 Å². The van der Waals surface area contributed by atoms with Crippen LogP contribution in [0.4, 0.5) is 0 Å². The lowest BCUT2D eigenvalue weighted by atomic mass is 9.72. The molecule has 3 aliphatic rings. The van der Waals surface area contributed by atoms with E-state index in [0.29, 0.717) is 64.4 Å². The van der Waals surface area contributed by atoms with Crippen molar-refractivity contribution in [2.24, 2.45) is 5.41 Å². The highest BCUT2D eigenvalue weighted by Crippen LogP contribution is 2.38. The van der Waals surface area contributed by atoms with Crippen molar-refractivity contribution in [2.75, 3.05) is 66.1 Å². The Balaban J connectivity index is 1.44. The van der Waals surface area contributed by atoms with Gasteiger partial charge in [0.25, 0.3) is 5.91 Å². The van der Waals surface area contributed by atoms with Crippen LogP contribution in [0.15, 0.2) is 24.3 Å². The number of amides is 2. The van der Waals surface area contributed by atoms with Crippen LogP contribution < -0.4 is 4.74 Å². The highest BCUT2D eigenvalue weighted by Gasteiger charge is 2.41. The largest absolute Gasteiger partial charge is 0.483 e. The first kappa shape index (κ1) is 24.9. The molecule has 0 saturated carbocycles. The van der Waals surface area contributed by atoms with Gasteiger partial charge in [0, 0.05) is 46.2 Å². The molecule has 0 aromatic heterocycles. The Morgan fingerprint density at radius 1 is 1.09 bits per heavy atom. The van der Waals surface area contributed by atoms with Gasteiger partial charge < -0.3 is 29.5 Å². The van der Waals surface area contributed by atoms with Crippen molar-refractivity contribution >= 4 is 11.8 Å². The molecule has 0 bridgehead atoms. The van der Waals surface area contributed by atoms with Gasteiger partial charge in [-0.15, -0.1) is 0 Å². The Bertz CT molecular complexity index is 851. The molecule has 9 nitrogen and oxygen atoms in total. The van der Waals surface area contributed by atoms with Crippen molar-refractivity contribution in [1.82, 2.24) is 14.7 Å². The number of hydrogen-bond acceptors (Lipinski definition) is 7. The maximum absolute atomic E-state index is 12.9. The van der Waals surface area contributed by atoms with Gasteiger partial charge in [0.1, 0.15) is 5.75 Å². The lowest BCUT2D eigenvalue weighted by Crippen LogP contribution is -2.53. The van der Waals surface area contributed by atoms with E-state index in [0.717, 1.165) is 18.7 Å². The first-order chi connectivity index (χ1) is 16.3. The standard InChI is InChI=1S/C25H37N3O6/c1-26-18-25(6-8-28(9-7-25)23(31)16-27-10-12-33-13-11-27)15-21(30)20(29)14-19-4-2-3-5-22(19)34-17-24(26)32/h2-5,20-21,29-30H,6-18H2,1H3/t20-,21+/m0/s1. The van der Waals surface area contributed by atoms with Gasteiger partial charge in [0.05, 0.1) is 32.0 Å². The summed E-state index contributed by atoms with van der Waals surface area (Å²) in [7, 11) is 1.75. The second kappa shape index (κ2) is 11.0. The van der Waals surface area contributed by atoms with Gasteiger partial charge in [0.15, 0.2) is 6.61 Å². The van der Waals surface area contributed by atoms with E-state index in [1.54, 1.807) is 18.0 Å². The molecule has 2 fully saturated rings. The molecule has 3 heterocycles. The molecule has 2 amide bonds. The van der Waals surface area contributed by atoms with E-state index in [1.807, 2.05) is 23.1 Å². The van der Waals surface area contributed by atoms with Crippen LogP contribution in [0, 0.1) is 5.41 Å². The SMILES string of the molecule is CN1CC2(CCN(C(=O)CN3CCOCC3)CC2)C[C@@H](O)[C@@H](O)Cc2ccccc2OCC1=O. The van der Waals surface area contributed by atoms with E-state index >= 15 is 0 Å². The summed E-state index contributed by atoms with van der Waals surface area (Å²) < 4.78 is 11.1. The quantitative estimate of drug-likeness (QED) is 0.627. The van der Waals surface area contributed by atoms with E-state index in [-0.39, 0.29) is 30.3 Å². The molecular weight excluding hydrogens is 438 g/mol. The lowest BCUT2D eigenvalue weighted by molar-refractivity contribution is -0.140. The minimum absolute atomic E-state index is 0.0770. The van der Waals surface area contributed by atoms with E-state index in [2.05, 4.69) is 4.90 Å². The fraction of sp³-hybridized carbons (Fsp3) is 0.680. The van der Waals surface area contributed by atoms with Gasteiger partial charge in [-0.25, -0.2) is 0 Å². The van der Waals surface area contributed by atoms with Crippen LogP contribution in [-0.2, 0) is 20.7 Å².